The number of nitrogens with zero attached hydrogens (tertiary/aromatic N) is 2. The van der Waals surface area contributed by atoms with Gasteiger partial charge in [-0.15, -0.1) is 16.7 Å². The lowest BCUT2D eigenvalue weighted by atomic mass is 10.2. The summed E-state index contributed by atoms with van der Waals surface area (Å²) >= 11 is 7.11. The Kier molecular flexibility index (Phi) is 2.57. The lowest BCUT2D eigenvalue weighted by Gasteiger charge is -1.96. The molecular weight excluding hydrogens is 204 g/mol. The van der Waals surface area contributed by atoms with Crippen molar-refractivity contribution in [1.82, 2.24) is 9.59 Å². The van der Waals surface area contributed by atoms with Crippen molar-refractivity contribution in [1.29, 1.82) is 0 Å². The van der Waals surface area contributed by atoms with Crippen LogP contribution in [0, 0.1) is 0 Å². The van der Waals surface area contributed by atoms with Crippen molar-refractivity contribution in [3.05, 3.63) is 36.0 Å². The SMILES string of the molecule is ClCc1nnsc1-c1ccccc1. The minimum absolute atomic E-state index is 0.417. The van der Waals surface area contributed by atoms with E-state index in [0.29, 0.717) is 5.88 Å². The van der Waals surface area contributed by atoms with Gasteiger partial charge >= 0.3 is 0 Å². The first kappa shape index (κ1) is 8.66. The summed E-state index contributed by atoms with van der Waals surface area (Å²) in [5, 5.41) is 3.95. The summed E-state index contributed by atoms with van der Waals surface area (Å²) in [7, 11) is 0. The Labute approximate surface area is 85.3 Å². The summed E-state index contributed by atoms with van der Waals surface area (Å²) in [6, 6.07) is 10.0. The van der Waals surface area contributed by atoms with E-state index < -0.39 is 0 Å². The predicted molar refractivity (Wildman–Crippen MR) is 54.9 cm³/mol. The van der Waals surface area contributed by atoms with E-state index in [-0.39, 0.29) is 0 Å². The number of hydrogen-bond donors (Lipinski definition) is 0. The quantitative estimate of drug-likeness (QED) is 0.713. The highest BCUT2D eigenvalue weighted by Gasteiger charge is 2.07. The van der Waals surface area contributed by atoms with Crippen molar-refractivity contribution in [2.45, 2.75) is 5.88 Å². The van der Waals surface area contributed by atoms with Crippen LogP contribution in [0.25, 0.3) is 10.4 Å². The summed E-state index contributed by atoms with van der Waals surface area (Å²) < 4.78 is 3.88. The van der Waals surface area contributed by atoms with Crippen LogP contribution in [0.5, 0.6) is 0 Å². The first-order valence-corrected chi connectivity index (χ1v) is 5.15. The zero-order valence-electron chi connectivity index (χ0n) is 6.77. The molecule has 0 aliphatic heterocycles. The molecule has 0 amide bonds. The maximum Gasteiger partial charge on any atom is 0.0982 e. The Morgan fingerprint density at radius 2 is 2.00 bits per heavy atom. The third kappa shape index (κ3) is 1.71. The average molecular weight is 211 g/mol. The van der Waals surface area contributed by atoms with E-state index in [4.69, 9.17) is 11.6 Å². The van der Waals surface area contributed by atoms with Gasteiger partial charge in [-0.2, -0.15) is 0 Å². The molecule has 0 unspecified atom stereocenters. The minimum atomic E-state index is 0.417. The molecule has 66 valence electrons. The smallest absolute Gasteiger partial charge is 0.0982 e. The van der Waals surface area contributed by atoms with Gasteiger partial charge in [-0.05, 0) is 17.1 Å². The van der Waals surface area contributed by atoms with Crippen LogP contribution in [-0.2, 0) is 5.88 Å². The highest BCUT2D eigenvalue weighted by Crippen LogP contribution is 2.26. The maximum absolute atomic E-state index is 5.73. The average Bonchev–Trinajstić information content (AvgIpc) is 2.67. The Morgan fingerprint density at radius 1 is 1.23 bits per heavy atom. The van der Waals surface area contributed by atoms with E-state index in [0.717, 1.165) is 16.1 Å². The Balaban J connectivity index is 2.47. The van der Waals surface area contributed by atoms with E-state index in [1.54, 1.807) is 0 Å². The molecule has 2 rings (SSSR count). The largest absolute Gasteiger partial charge is 0.141 e. The van der Waals surface area contributed by atoms with E-state index in [1.807, 2.05) is 30.3 Å². The van der Waals surface area contributed by atoms with Gasteiger partial charge in [0.1, 0.15) is 0 Å². The second-order valence-electron chi connectivity index (χ2n) is 2.55. The van der Waals surface area contributed by atoms with E-state index in [1.165, 1.54) is 11.5 Å². The standard InChI is InChI=1S/C9H7ClN2S/c10-6-8-9(13-12-11-8)7-4-2-1-3-5-7/h1-5H,6H2. The van der Waals surface area contributed by atoms with Crippen molar-refractivity contribution < 1.29 is 0 Å². The Bertz CT molecular complexity index is 386. The van der Waals surface area contributed by atoms with Gasteiger partial charge in [0, 0.05) is 0 Å². The van der Waals surface area contributed by atoms with Gasteiger partial charge in [0.25, 0.3) is 0 Å². The molecule has 1 heterocycles. The summed E-state index contributed by atoms with van der Waals surface area (Å²) in [5.41, 5.74) is 1.99. The van der Waals surface area contributed by atoms with E-state index in [2.05, 4.69) is 9.59 Å². The minimum Gasteiger partial charge on any atom is -0.141 e. The topological polar surface area (TPSA) is 25.8 Å². The number of alkyl halides is 1. The first-order valence-electron chi connectivity index (χ1n) is 3.84. The molecule has 4 heteroatoms. The maximum atomic E-state index is 5.73. The van der Waals surface area contributed by atoms with Crippen LogP contribution < -0.4 is 0 Å². The monoisotopic (exact) mass is 210 g/mol. The third-order valence-corrected chi connectivity index (χ3v) is 2.79. The summed E-state index contributed by atoms with van der Waals surface area (Å²) in [6.45, 7) is 0. The number of halogens is 1. The molecule has 2 nitrogen and oxygen atoms in total. The first-order chi connectivity index (χ1) is 6.42. The van der Waals surface area contributed by atoms with Gasteiger partial charge < -0.3 is 0 Å². The molecule has 1 aromatic heterocycles. The molecule has 2 aromatic rings. The van der Waals surface area contributed by atoms with Crippen molar-refractivity contribution in [2.75, 3.05) is 0 Å². The number of aromatic nitrogens is 2. The second kappa shape index (κ2) is 3.85. The van der Waals surface area contributed by atoms with Crippen molar-refractivity contribution in [2.24, 2.45) is 0 Å². The van der Waals surface area contributed by atoms with Crippen LogP contribution >= 0.6 is 23.1 Å². The number of benzene rings is 1. The molecule has 0 bridgehead atoms. The molecule has 0 radical (unpaired) electrons. The van der Waals surface area contributed by atoms with Crippen molar-refractivity contribution in [3.8, 4) is 10.4 Å². The van der Waals surface area contributed by atoms with Crippen LogP contribution in [0.15, 0.2) is 30.3 Å². The molecule has 0 aliphatic rings. The molecule has 0 atom stereocenters. The van der Waals surface area contributed by atoms with Crippen LogP contribution in [-0.4, -0.2) is 9.59 Å². The molecule has 0 aliphatic carbocycles. The van der Waals surface area contributed by atoms with Gasteiger partial charge in [-0.25, -0.2) is 0 Å². The molecule has 13 heavy (non-hydrogen) atoms. The van der Waals surface area contributed by atoms with Gasteiger partial charge in [0.05, 0.1) is 16.5 Å². The van der Waals surface area contributed by atoms with Gasteiger partial charge in [-0.1, -0.05) is 34.8 Å². The molecule has 0 saturated carbocycles. The van der Waals surface area contributed by atoms with Crippen LogP contribution in [0.1, 0.15) is 5.69 Å². The van der Waals surface area contributed by atoms with Crippen LogP contribution in [0.4, 0.5) is 0 Å². The summed E-state index contributed by atoms with van der Waals surface area (Å²) in [6.07, 6.45) is 0. The predicted octanol–water partition coefficient (Wildman–Crippen LogP) is 2.94. The Morgan fingerprint density at radius 3 is 2.69 bits per heavy atom. The van der Waals surface area contributed by atoms with Gasteiger partial charge in [0.2, 0.25) is 0 Å². The summed E-state index contributed by atoms with van der Waals surface area (Å²) in [4.78, 5) is 1.07. The summed E-state index contributed by atoms with van der Waals surface area (Å²) in [5.74, 6) is 0.417. The molecule has 0 N–H and O–H groups in total. The molecule has 0 spiro atoms. The van der Waals surface area contributed by atoms with Crippen molar-refractivity contribution >= 4 is 23.1 Å². The fourth-order valence-electron chi connectivity index (χ4n) is 1.10. The van der Waals surface area contributed by atoms with Crippen molar-refractivity contribution in [3.63, 3.8) is 0 Å². The second-order valence-corrected chi connectivity index (χ2v) is 3.57. The molecular formula is C9H7ClN2S. The molecule has 0 fully saturated rings. The molecule has 1 aromatic carbocycles. The lowest BCUT2D eigenvalue weighted by molar-refractivity contribution is 1.07. The fourth-order valence-corrected chi connectivity index (χ4v) is 2.05. The van der Waals surface area contributed by atoms with E-state index in [9.17, 15) is 0 Å². The van der Waals surface area contributed by atoms with Crippen LogP contribution in [0.2, 0.25) is 0 Å². The highest BCUT2D eigenvalue weighted by molar-refractivity contribution is 7.09. The number of rotatable bonds is 2. The Hall–Kier alpha value is -0.930. The van der Waals surface area contributed by atoms with Gasteiger partial charge in [0.15, 0.2) is 0 Å². The van der Waals surface area contributed by atoms with Crippen LogP contribution in [0.3, 0.4) is 0 Å². The molecule has 0 saturated heterocycles. The zero-order chi connectivity index (χ0) is 9.10. The normalized spacial score (nSPS) is 10.2. The van der Waals surface area contributed by atoms with E-state index >= 15 is 0 Å². The lowest BCUT2D eigenvalue weighted by Crippen LogP contribution is -1.81. The number of hydrogen-bond acceptors (Lipinski definition) is 3. The van der Waals surface area contributed by atoms with Gasteiger partial charge in [-0.3, -0.25) is 0 Å². The highest BCUT2D eigenvalue weighted by atomic mass is 35.5. The zero-order valence-corrected chi connectivity index (χ0v) is 8.35. The fraction of sp³-hybridized carbons (Fsp3) is 0.111. The third-order valence-electron chi connectivity index (χ3n) is 1.72.